The Balaban J connectivity index is 1.44. The maximum absolute atomic E-state index is 12.0. The summed E-state index contributed by atoms with van der Waals surface area (Å²) in [6.45, 7) is 0. The van der Waals surface area contributed by atoms with Crippen LogP contribution in [0, 0.1) is 0 Å². The van der Waals surface area contributed by atoms with Crippen LogP contribution in [0.4, 0.5) is 0 Å². The summed E-state index contributed by atoms with van der Waals surface area (Å²) in [5.74, 6) is 0. The third kappa shape index (κ3) is 6.41. The average Bonchev–Trinajstić information content (AvgIpc) is 4.03. The van der Waals surface area contributed by atoms with Crippen molar-refractivity contribution in [2.45, 2.75) is 9.79 Å². The molecule has 0 amide bonds. The van der Waals surface area contributed by atoms with Gasteiger partial charge in [-0.25, -0.2) is 9.97 Å². The maximum Gasteiger partial charge on any atom is 0.294 e. The minimum absolute atomic E-state index is 0.251. The van der Waals surface area contributed by atoms with Gasteiger partial charge in [0.1, 0.15) is 0 Å². The molecule has 14 heteroatoms. The van der Waals surface area contributed by atoms with Crippen LogP contribution in [0.25, 0.3) is 90.9 Å². The van der Waals surface area contributed by atoms with Gasteiger partial charge in [0.15, 0.2) is 0 Å². The van der Waals surface area contributed by atoms with E-state index in [0.29, 0.717) is 56.1 Å². The van der Waals surface area contributed by atoms with Crippen molar-refractivity contribution in [3.05, 3.63) is 145 Å². The summed E-state index contributed by atoms with van der Waals surface area (Å²) in [7, 11) is -8.89. The van der Waals surface area contributed by atoms with Gasteiger partial charge in [-0.3, -0.25) is 19.1 Å². The van der Waals surface area contributed by atoms with Crippen LogP contribution in [0.5, 0.6) is 0 Å². The Labute approximate surface area is 320 Å². The summed E-state index contributed by atoms with van der Waals surface area (Å²) < 4.78 is 67.3. The van der Waals surface area contributed by atoms with Gasteiger partial charge in [-0.15, -0.1) is 0 Å². The van der Waals surface area contributed by atoms with Gasteiger partial charge in [-0.05, 0) is 119 Å². The lowest BCUT2D eigenvalue weighted by molar-refractivity contribution is 0.481. The molecule has 2 aromatic carbocycles. The highest BCUT2D eigenvalue weighted by Crippen LogP contribution is 2.38. The van der Waals surface area contributed by atoms with Crippen LogP contribution in [-0.4, -0.2) is 55.8 Å². The maximum atomic E-state index is 12.0. The topological polar surface area (TPSA) is 192 Å². The molecule has 5 aromatic heterocycles. The van der Waals surface area contributed by atoms with E-state index in [0.717, 1.165) is 33.3 Å². The van der Waals surface area contributed by atoms with Crippen molar-refractivity contribution in [1.29, 1.82) is 0 Å². The van der Waals surface area contributed by atoms with E-state index in [9.17, 15) is 25.9 Å². The Morgan fingerprint density at radius 3 is 0.911 bits per heavy atom. The number of nitrogens with zero attached hydrogens (tertiary/aromatic N) is 4. The molecule has 0 aliphatic carbocycles. The Bertz CT molecular complexity index is 2950. The number of aromatic amines is 2. The first-order valence-electron chi connectivity index (χ1n) is 17.1. The van der Waals surface area contributed by atoms with Crippen molar-refractivity contribution in [2.24, 2.45) is 0 Å². The zero-order valence-corrected chi connectivity index (χ0v) is 30.6. The second-order valence-electron chi connectivity index (χ2n) is 13.0. The number of benzene rings is 2. The molecule has 0 unspecified atom stereocenters. The summed E-state index contributed by atoms with van der Waals surface area (Å²) in [5.41, 5.74) is 11.2. The van der Waals surface area contributed by atoms with Gasteiger partial charge < -0.3 is 9.97 Å². The standard InChI is InChI=1S/C42H28N6O6S2/c49-55(50,51)29-5-1-25(2-6-29)39-31-9-10-32(45-31)40(26-3-7-30(8-4-26)56(52,53)54)34-12-14-36(47-34)42(28-19-23-44-24-20-28)38-16-15-37(48-38)41(27-17-21-43-22-18-27)35-13-11-33(39)46-35/h1-24,45,48H,(H,49,50,51)(H,52,53,54). The number of nitrogens with one attached hydrogen (secondary N) is 2. The van der Waals surface area contributed by atoms with Gasteiger partial charge in [0.05, 0.1) is 32.6 Å². The molecule has 0 radical (unpaired) electrons. The number of hydrogen-bond acceptors (Lipinski definition) is 8. The predicted molar refractivity (Wildman–Crippen MR) is 216 cm³/mol. The molecule has 9 rings (SSSR count). The average molecular weight is 777 g/mol. The van der Waals surface area contributed by atoms with E-state index in [4.69, 9.17) is 9.97 Å². The molecule has 2 aliphatic heterocycles. The molecule has 0 saturated heterocycles. The highest BCUT2D eigenvalue weighted by molar-refractivity contribution is 7.86. The fraction of sp³-hybridized carbons (Fsp3) is 0. The molecule has 7 aromatic rings. The molecular formula is C42H28N6O6S2. The normalized spacial score (nSPS) is 12.6. The highest BCUT2D eigenvalue weighted by atomic mass is 32.2. The minimum atomic E-state index is -4.45. The summed E-state index contributed by atoms with van der Waals surface area (Å²) in [6, 6.07) is 27.2. The van der Waals surface area contributed by atoms with E-state index in [1.165, 1.54) is 24.3 Å². The summed E-state index contributed by atoms with van der Waals surface area (Å²) >= 11 is 0. The molecule has 4 N–H and O–H groups in total. The molecule has 0 spiro atoms. The monoisotopic (exact) mass is 776 g/mol. The molecule has 2 aliphatic rings. The van der Waals surface area contributed by atoms with E-state index >= 15 is 0 Å². The molecule has 274 valence electrons. The number of pyridine rings is 2. The van der Waals surface area contributed by atoms with Crippen LogP contribution in [-0.2, 0) is 20.2 Å². The first-order valence-corrected chi connectivity index (χ1v) is 20.0. The number of H-pyrrole nitrogens is 2. The molecule has 12 nitrogen and oxygen atoms in total. The largest absolute Gasteiger partial charge is 0.354 e. The molecule has 0 atom stereocenters. The van der Waals surface area contributed by atoms with Gasteiger partial charge in [-0.1, -0.05) is 24.3 Å². The van der Waals surface area contributed by atoms with E-state index in [1.54, 1.807) is 49.1 Å². The third-order valence-corrected chi connectivity index (χ3v) is 11.3. The highest BCUT2D eigenvalue weighted by Gasteiger charge is 2.20. The summed E-state index contributed by atoms with van der Waals surface area (Å²) in [4.78, 5) is 25.5. The lowest BCUT2D eigenvalue weighted by atomic mass is 10.0. The molecule has 56 heavy (non-hydrogen) atoms. The van der Waals surface area contributed by atoms with Crippen LogP contribution in [0.1, 0.15) is 22.8 Å². The molecule has 7 heterocycles. The van der Waals surface area contributed by atoms with Gasteiger partial charge in [0, 0.05) is 69.1 Å². The predicted octanol–water partition coefficient (Wildman–Crippen LogP) is 8.61. The lowest BCUT2D eigenvalue weighted by Gasteiger charge is -2.07. The fourth-order valence-corrected chi connectivity index (χ4v) is 8.00. The van der Waals surface area contributed by atoms with Crippen molar-refractivity contribution >= 4 is 66.6 Å². The first kappa shape index (κ1) is 34.9. The van der Waals surface area contributed by atoms with E-state index in [1.807, 2.05) is 72.8 Å². The van der Waals surface area contributed by atoms with Crippen LogP contribution in [0.3, 0.4) is 0 Å². The van der Waals surface area contributed by atoms with Crippen molar-refractivity contribution in [3.8, 4) is 44.5 Å². The van der Waals surface area contributed by atoms with Crippen LogP contribution in [0.2, 0.25) is 0 Å². The quantitative estimate of drug-likeness (QED) is 0.119. The molecule has 8 bridgehead atoms. The number of aromatic nitrogens is 6. The number of fused-ring (bicyclic) bond motifs is 8. The zero-order valence-electron chi connectivity index (χ0n) is 29.0. The van der Waals surface area contributed by atoms with Crippen molar-refractivity contribution in [1.82, 2.24) is 29.9 Å². The Kier molecular flexibility index (Phi) is 8.40. The molecular weight excluding hydrogens is 749 g/mol. The van der Waals surface area contributed by atoms with Crippen LogP contribution in [0.15, 0.2) is 132 Å². The Hall–Kier alpha value is -6.84. The van der Waals surface area contributed by atoms with Crippen molar-refractivity contribution < 1.29 is 25.9 Å². The van der Waals surface area contributed by atoms with E-state index in [-0.39, 0.29) is 9.79 Å². The SMILES string of the molecule is O=S(=O)(O)c1ccc(-c2c3nc(c(-c4ccncc4)c4ccc([nH]4)c(-c4ccncc4)c4nc(c(-c5ccc(S(=O)(=O)O)cc5)c5ccc2[nH]5)C=C4)C=C3)cc1. The van der Waals surface area contributed by atoms with Crippen molar-refractivity contribution in [2.75, 3.05) is 0 Å². The second kappa shape index (κ2) is 13.5. The third-order valence-electron chi connectivity index (χ3n) is 9.57. The zero-order chi connectivity index (χ0) is 38.6. The van der Waals surface area contributed by atoms with Crippen LogP contribution < -0.4 is 0 Å². The summed E-state index contributed by atoms with van der Waals surface area (Å²) in [6.07, 6.45) is 14.5. The van der Waals surface area contributed by atoms with Crippen LogP contribution >= 0.6 is 0 Å². The summed E-state index contributed by atoms with van der Waals surface area (Å²) in [5, 5.41) is 0. The lowest BCUT2D eigenvalue weighted by Crippen LogP contribution is -1.97. The van der Waals surface area contributed by atoms with Gasteiger partial charge in [0.25, 0.3) is 20.2 Å². The molecule has 0 saturated carbocycles. The Morgan fingerprint density at radius 1 is 0.375 bits per heavy atom. The smallest absolute Gasteiger partial charge is 0.294 e. The van der Waals surface area contributed by atoms with Gasteiger partial charge >= 0.3 is 0 Å². The fourth-order valence-electron chi connectivity index (χ4n) is 7.04. The van der Waals surface area contributed by atoms with E-state index < -0.39 is 20.2 Å². The van der Waals surface area contributed by atoms with Gasteiger partial charge in [-0.2, -0.15) is 16.8 Å². The van der Waals surface area contributed by atoms with Gasteiger partial charge in [0.2, 0.25) is 0 Å². The van der Waals surface area contributed by atoms with Crippen molar-refractivity contribution in [3.63, 3.8) is 0 Å². The first-order chi connectivity index (χ1) is 27.0. The Morgan fingerprint density at radius 2 is 0.643 bits per heavy atom. The second-order valence-corrected chi connectivity index (χ2v) is 15.8. The number of hydrogen-bond donors (Lipinski definition) is 4. The minimum Gasteiger partial charge on any atom is -0.354 e. The number of rotatable bonds is 6. The molecule has 0 fully saturated rings. The van der Waals surface area contributed by atoms with E-state index in [2.05, 4.69) is 19.9 Å².